The third-order valence-corrected chi connectivity index (χ3v) is 7.90. The number of aryl methyl sites for hydroxylation is 1. The summed E-state index contributed by atoms with van der Waals surface area (Å²) in [6.07, 6.45) is 7.43. The number of fused-ring (bicyclic) bond motifs is 4. The zero-order chi connectivity index (χ0) is 21.8. The van der Waals surface area contributed by atoms with Gasteiger partial charge in [-0.05, 0) is 37.0 Å². The highest BCUT2D eigenvalue weighted by Crippen LogP contribution is 2.41. The molecule has 8 nitrogen and oxygen atoms in total. The second-order valence-electron chi connectivity index (χ2n) is 8.24. The molecule has 2 aliphatic rings. The quantitative estimate of drug-likeness (QED) is 0.495. The second kappa shape index (κ2) is 7.43. The van der Waals surface area contributed by atoms with Crippen LogP contribution in [0.5, 0.6) is 0 Å². The number of amides is 1. The van der Waals surface area contributed by atoms with E-state index >= 15 is 0 Å². The van der Waals surface area contributed by atoms with Crippen LogP contribution in [-0.4, -0.2) is 43.5 Å². The molecule has 4 aromatic rings. The molecule has 6 rings (SSSR count). The van der Waals surface area contributed by atoms with Crippen LogP contribution in [0.4, 0.5) is 11.5 Å². The number of hydrogen-bond acceptors (Lipinski definition) is 7. The first kappa shape index (κ1) is 19.5. The first-order valence-electron chi connectivity index (χ1n) is 10.4. The lowest BCUT2D eigenvalue weighted by Gasteiger charge is -2.38. The Morgan fingerprint density at radius 2 is 2.19 bits per heavy atom. The molecule has 1 fully saturated rings. The summed E-state index contributed by atoms with van der Waals surface area (Å²) in [6, 6.07) is 5.98. The molecule has 160 valence electrons. The van der Waals surface area contributed by atoms with Gasteiger partial charge in [-0.1, -0.05) is 11.6 Å². The van der Waals surface area contributed by atoms with Crippen LogP contribution in [-0.2, 0) is 17.6 Å². The fourth-order valence-corrected chi connectivity index (χ4v) is 6.13. The molecular formula is C22H18ClN7OS. The Bertz CT molecular complexity index is 1420. The van der Waals surface area contributed by atoms with Gasteiger partial charge in [0.15, 0.2) is 0 Å². The van der Waals surface area contributed by atoms with Crippen LogP contribution in [0.25, 0.3) is 15.7 Å². The summed E-state index contributed by atoms with van der Waals surface area (Å²) in [4.78, 5) is 25.8. The molecule has 1 saturated heterocycles. The average molecular weight is 464 g/mol. The van der Waals surface area contributed by atoms with E-state index in [-0.39, 0.29) is 17.7 Å². The van der Waals surface area contributed by atoms with Crippen molar-refractivity contribution in [2.75, 3.05) is 18.4 Å². The Balaban J connectivity index is 1.30. The maximum Gasteiger partial charge on any atom is 0.226 e. The number of nitrogens with one attached hydrogen (secondary N) is 1. The maximum absolute atomic E-state index is 12.9. The van der Waals surface area contributed by atoms with Crippen molar-refractivity contribution in [3.05, 3.63) is 46.3 Å². The van der Waals surface area contributed by atoms with E-state index in [1.807, 2.05) is 23.2 Å². The topological polar surface area (TPSA) is 99.2 Å². The van der Waals surface area contributed by atoms with Crippen molar-refractivity contribution in [2.45, 2.75) is 19.3 Å². The van der Waals surface area contributed by atoms with Crippen LogP contribution < -0.4 is 5.32 Å². The van der Waals surface area contributed by atoms with E-state index in [2.05, 4.69) is 26.5 Å². The normalized spacial score (nSPS) is 18.4. The summed E-state index contributed by atoms with van der Waals surface area (Å²) in [5.41, 5.74) is 2.80. The van der Waals surface area contributed by atoms with Gasteiger partial charge in [-0.15, -0.1) is 11.3 Å². The number of nitriles is 1. The van der Waals surface area contributed by atoms with Crippen LogP contribution in [0, 0.1) is 23.2 Å². The summed E-state index contributed by atoms with van der Waals surface area (Å²) in [7, 11) is 0. The number of pyridine rings is 1. The Kier molecular flexibility index (Phi) is 4.52. The number of rotatable bonds is 3. The second-order valence-corrected chi connectivity index (χ2v) is 9.71. The lowest BCUT2D eigenvalue weighted by molar-refractivity contribution is -0.141. The van der Waals surface area contributed by atoms with E-state index < -0.39 is 0 Å². The summed E-state index contributed by atoms with van der Waals surface area (Å²) >= 11 is 8.23. The predicted molar refractivity (Wildman–Crippen MR) is 122 cm³/mol. The summed E-state index contributed by atoms with van der Waals surface area (Å²) in [6.45, 7) is 1.12. The van der Waals surface area contributed by atoms with Crippen molar-refractivity contribution in [3.8, 4) is 6.07 Å². The van der Waals surface area contributed by atoms with Crippen LogP contribution in [0.2, 0.25) is 5.02 Å². The molecule has 1 aliphatic heterocycles. The van der Waals surface area contributed by atoms with Gasteiger partial charge >= 0.3 is 0 Å². The monoisotopic (exact) mass is 463 g/mol. The van der Waals surface area contributed by atoms with Crippen LogP contribution in [0.15, 0.2) is 30.9 Å². The molecule has 0 bridgehead atoms. The lowest BCUT2D eigenvalue weighted by atomic mass is 9.85. The van der Waals surface area contributed by atoms with Gasteiger partial charge in [-0.3, -0.25) is 4.79 Å². The summed E-state index contributed by atoms with van der Waals surface area (Å²) in [5, 5.41) is 18.2. The van der Waals surface area contributed by atoms with Crippen molar-refractivity contribution >= 4 is 56.1 Å². The minimum Gasteiger partial charge on any atom is -0.340 e. The molecule has 0 saturated carbocycles. The van der Waals surface area contributed by atoms with E-state index in [0.717, 1.165) is 40.1 Å². The number of anilines is 2. The van der Waals surface area contributed by atoms with Crippen LogP contribution in [0.1, 0.15) is 16.9 Å². The van der Waals surface area contributed by atoms with E-state index in [4.69, 9.17) is 16.9 Å². The smallest absolute Gasteiger partial charge is 0.226 e. The number of carbonyl (C=O) groups is 1. The number of nitrogens with zero attached hydrogens (tertiary/aromatic N) is 6. The highest BCUT2D eigenvalue weighted by molar-refractivity contribution is 7.19. The Hall–Kier alpha value is -3.22. The van der Waals surface area contributed by atoms with Crippen LogP contribution >= 0.6 is 22.9 Å². The molecule has 0 spiro atoms. The van der Waals surface area contributed by atoms with Crippen molar-refractivity contribution in [2.24, 2.45) is 11.8 Å². The largest absolute Gasteiger partial charge is 0.340 e. The van der Waals surface area contributed by atoms with Crippen molar-refractivity contribution in [3.63, 3.8) is 0 Å². The maximum atomic E-state index is 12.9. The molecule has 1 aliphatic carbocycles. The first-order valence-corrected chi connectivity index (χ1v) is 11.6. The van der Waals surface area contributed by atoms with Crippen molar-refractivity contribution < 1.29 is 4.79 Å². The molecule has 10 heteroatoms. The number of halogens is 1. The van der Waals surface area contributed by atoms with Gasteiger partial charge in [0, 0.05) is 30.1 Å². The lowest BCUT2D eigenvalue weighted by Crippen LogP contribution is -2.52. The Labute approximate surface area is 192 Å². The Morgan fingerprint density at radius 3 is 3.03 bits per heavy atom. The fraction of sp³-hybridized carbons (Fsp3) is 0.318. The highest BCUT2D eigenvalue weighted by Gasteiger charge is 2.37. The number of aromatic nitrogens is 4. The molecule has 1 amide bonds. The molecule has 5 heterocycles. The number of thiophene rings is 1. The van der Waals surface area contributed by atoms with Gasteiger partial charge in [0.2, 0.25) is 5.91 Å². The van der Waals surface area contributed by atoms with E-state index in [1.165, 1.54) is 10.4 Å². The van der Waals surface area contributed by atoms with Crippen molar-refractivity contribution in [1.29, 1.82) is 5.26 Å². The van der Waals surface area contributed by atoms with E-state index in [1.54, 1.807) is 28.4 Å². The SMILES string of the molecule is N#CC1CN(C(=O)[C@H]2CCc3c(sc4ncnc(Nc5ccn6nccc6c5Cl)c34)C2)C1. The Morgan fingerprint density at radius 1 is 1.31 bits per heavy atom. The third-order valence-electron chi connectivity index (χ3n) is 6.34. The molecule has 0 unspecified atom stereocenters. The van der Waals surface area contributed by atoms with Gasteiger partial charge in [-0.2, -0.15) is 10.4 Å². The summed E-state index contributed by atoms with van der Waals surface area (Å²) < 4.78 is 1.73. The van der Waals surface area contributed by atoms with Gasteiger partial charge in [-0.25, -0.2) is 14.5 Å². The van der Waals surface area contributed by atoms with Gasteiger partial charge in [0.1, 0.15) is 17.0 Å². The molecule has 1 atom stereocenters. The van der Waals surface area contributed by atoms with Crippen molar-refractivity contribution in [1.82, 2.24) is 24.5 Å². The fourth-order valence-electron chi connectivity index (χ4n) is 4.60. The molecule has 0 radical (unpaired) electrons. The molecule has 4 aromatic heterocycles. The zero-order valence-corrected chi connectivity index (χ0v) is 18.5. The first-order chi connectivity index (χ1) is 15.6. The minimum atomic E-state index is -0.0294. The van der Waals surface area contributed by atoms with E-state index in [0.29, 0.717) is 24.5 Å². The minimum absolute atomic E-state index is 0.0139. The number of carbonyl (C=O) groups excluding carboxylic acids is 1. The molecular weight excluding hydrogens is 446 g/mol. The van der Waals surface area contributed by atoms with E-state index in [9.17, 15) is 4.79 Å². The summed E-state index contributed by atoms with van der Waals surface area (Å²) in [5.74, 6) is 0.853. The van der Waals surface area contributed by atoms with Gasteiger partial charge < -0.3 is 10.2 Å². The van der Waals surface area contributed by atoms with Gasteiger partial charge in [0.25, 0.3) is 0 Å². The molecule has 0 aromatic carbocycles. The zero-order valence-electron chi connectivity index (χ0n) is 17.0. The standard InChI is InChI=1S/C22H18ClN7OS/c23-19-15(4-6-30-16(19)3-5-27-30)28-20-18-14-2-1-13(22(31)29-9-12(8-24)10-29)7-17(14)32-21(18)26-11-25-20/h3-6,11-13H,1-2,7,9-10H2,(H,25,26,28)/t13-/m0/s1. The van der Waals surface area contributed by atoms with Crippen LogP contribution in [0.3, 0.4) is 0 Å². The average Bonchev–Trinajstić information content (AvgIpc) is 3.39. The highest BCUT2D eigenvalue weighted by atomic mass is 35.5. The predicted octanol–water partition coefficient (Wildman–Crippen LogP) is 3.82. The number of likely N-dealkylation sites (tertiary alicyclic amines) is 1. The molecule has 1 N–H and O–H groups in total. The number of hydrogen-bond donors (Lipinski definition) is 1. The van der Waals surface area contributed by atoms with Gasteiger partial charge in [0.05, 0.1) is 39.8 Å². The molecule has 32 heavy (non-hydrogen) atoms. The third kappa shape index (κ3) is 3.02.